The van der Waals surface area contributed by atoms with Gasteiger partial charge in [-0.3, -0.25) is 9.59 Å². The summed E-state index contributed by atoms with van der Waals surface area (Å²) in [5.74, 6) is -4.75. The Kier molecular flexibility index (Phi) is 14.0. The molecule has 12 N–H and O–H groups in total. The first kappa shape index (κ1) is 38.0. The monoisotopic (exact) mass is 664 g/mol. The second-order valence-electron chi connectivity index (χ2n) is 10.2. The second kappa shape index (κ2) is 17.0. The number of hydrogen-bond donors (Lipinski definition) is 10. The molecule has 2 saturated heterocycles. The van der Waals surface area contributed by atoms with E-state index in [-0.39, 0.29) is 13.1 Å². The van der Waals surface area contributed by atoms with Crippen molar-refractivity contribution in [2.24, 2.45) is 21.5 Å². The predicted molar refractivity (Wildman–Crippen MR) is 151 cm³/mol. The van der Waals surface area contributed by atoms with E-state index in [0.717, 1.165) is 23.9 Å². The number of rotatable bonds is 8. The molecule has 2 fully saturated rings. The van der Waals surface area contributed by atoms with E-state index in [2.05, 4.69) is 9.98 Å². The lowest BCUT2D eigenvalue weighted by molar-refractivity contribution is -0.166. The van der Waals surface area contributed by atoms with E-state index in [9.17, 15) is 60.0 Å². The third kappa shape index (κ3) is 9.67. The fourth-order valence-electron chi connectivity index (χ4n) is 4.39. The van der Waals surface area contributed by atoms with Crippen LogP contribution in [0.25, 0.3) is 0 Å². The van der Waals surface area contributed by atoms with E-state index in [1.807, 2.05) is 0 Å². The molecule has 0 aromatic rings. The lowest BCUT2D eigenvalue weighted by atomic mass is 9.94. The van der Waals surface area contributed by atoms with Gasteiger partial charge in [0.15, 0.2) is 0 Å². The molecule has 2 heterocycles. The van der Waals surface area contributed by atoms with Crippen molar-refractivity contribution in [1.82, 2.24) is 19.9 Å². The molecule has 0 unspecified atom stereocenters. The van der Waals surface area contributed by atoms with Crippen LogP contribution in [0.2, 0.25) is 0 Å². The Hall–Kier alpha value is -4.16. The molecule has 46 heavy (non-hydrogen) atoms. The van der Waals surface area contributed by atoms with Crippen LogP contribution < -0.4 is 11.5 Å². The highest BCUT2D eigenvalue weighted by molar-refractivity contribution is 5.93. The zero-order valence-corrected chi connectivity index (χ0v) is 24.9. The lowest BCUT2D eigenvalue weighted by Gasteiger charge is -2.42. The van der Waals surface area contributed by atoms with Crippen molar-refractivity contribution < 1.29 is 69.7 Å². The zero-order chi connectivity index (χ0) is 34.9. The van der Waals surface area contributed by atoms with Gasteiger partial charge in [0.05, 0.1) is 25.3 Å². The van der Waals surface area contributed by atoms with E-state index in [4.69, 9.17) is 21.1 Å². The molecule has 0 aromatic carbocycles. The number of hydroxylamine groups is 4. The van der Waals surface area contributed by atoms with Crippen LogP contribution in [0.3, 0.4) is 0 Å². The minimum atomic E-state index is -1.61. The Morgan fingerprint density at radius 1 is 0.696 bits per heavy atom. The smallest absolute Gasteiger partial charge is 0.356 e. The number of aliphatic hydroxyl groups is 8. The van der Waals surface area contributed by atoms with Crippen LogP contribution in [0.1, 0.15) is 0 Å². The van der Waals surface area contributed by atoms with Crippen LogP contribution in [0.15, 0.2) is 22.1 Å². The Balaban J connectivity index is 1.85. The quantitative estimate of drug-likeness (QED) is 0.0498. The highest BCUT2D eigenvalue weighted by Crippen LogP contribution is 2.20. The van der Waals surface area contributed by atoms with Crippen LogP contribution in [-0.4, -0.2) is 199 Å². The van der Waals surface area contributed by atoms with Gasteiger partial charge in [-0.15, -0.1) is 0 Å². The number of nitrogens with two attached hydrogens (primary N) is 2. The van der Waals surface area contributed by atoms with E-state index in [0.29, 0.717) is 22.3 Å². The summed E-state index contributed by atoms with van der Waals surface area (Å²) in [5, 5.41) is 79.4. The molecular weight excluding hydrogens is 624 g/mol. The third-order valence-electron chi connectivity index (χ3n) is 7.07. The van der Waals surface area contributed by atoms with Crippen LogP contribution in [0, 0.1) is 0 Å². The maximum absolute atomic E-state index is 12.5. The molecular formula is C24H40N8O14. The molecule has 2 aliphatic rings. The molecule has 0 bridgehead atoms. The molecule has 0 aliphatic carbocycles. The van der Waals surface area contributed by atoms with Crippen molar-refractivity contribution in [1.29, 1.82) is 0 Å². The number of piperidine rings is 2. The molecule has 0 spiro atoms. The number of amides is 2. The standard InChI is InChI=1S/C24H40N8O14/c1-29(23(25)27-5-15(37)31-7-13(35)21(43)19(41)11(31)9-33)45-17(39)3-4-18(40)46-30(2)24(26)28-6-16(38)32-8-14(36)22(44)20(42)12(32)10-34/h3-4,11-14,19-22,33-36,41-44H,5-10H2,1-2H3,(H2,25,27)(H2,26,28)/b4-3+/t11-,12-,13-,14-,19-,20-,21-,22-/m1/s1. The number of guanidine groups is 2. The molecule has 0 saturated carbocycles. The number of likely N-dealkylation sites (tertiary alicyclic amines) is 2. The van der Waals surface area contributed by atoms with Gasteiger partial charge in [0.1, 0.15) is 49.7 Å². The summed E-state index contributed by atoms with van der Waals surface area (Å²) < 4.78 is 0. The van der Waals surface area contributed by atoms with Gasteiger partial charge in [0, 0.05) is 39.3 Å². The number of nitrogens with zero attached hydrogens (tertiary/aromatic N) is 6. The summed E-state index contributed by atoms with van der Waals surface area (Å²) in [4.78, 5) is 68.2. The van der Waals surface area contributed by atoms with Gasteiger partial charge < -0.3 is 71.8 Å². The van der Waals surface area contributed by atoms with Crippen LogP contribution >= 0.6 is 0 Å². The maximum Gasteiger partial charge on any atom is 0.356 e. The minimum Gasteiger partial charge on any atom is -0.394 e. The first-order valence-electron chi connectivity index (χ1n) is 13.6. The van der Waals surface area contributed by atoms with Crippen molar-refractivity contribution in [3.8, 4) is 0 Å². The zero-order valence-electron chi connectivity index (χ0n) is 24.9. The van der Waals surface area contributed by atoms with E-state index in [1.54, 1.807) is 0 Å². The van der Waals surface area contributed by atoms with Crippen molar-refractivity contribution in [3.05, 3.63) is 12.2 Å². The maximum atomic E-state index is 12.5. The third-order valence-corrected chi connectivity index (χ3v) is 7.07. The number of aliphatic hydroxyl groups excluding tert-OH is 8. The van der Waals surface area contributed by atoms with E-state index >= 15 is 0 Å². The van der Waals surface area contributed by atoms with Crippen molar-refractivity contribution in [2.75, 3.05) is 53.5 Å². The highest BCUT2D eigenvalue weighted by atomic mass is 16.7. The Bertz CT molecular complexity index is 1100. The Morgan fingerprint density at radius 3 is 1.33 bits per heavy atom. The van der Waals surface area contributed by atoms with Gasteiger partial charge in [-0.2, -0.15) is 10.1 Å². The van der Waals surface area contributed by atoms with Gasteiger partial charge >= 0.3 is 11.9 Å². The molecule has 260 valence electrons. The number of carbonyl (C=O) groups excluding carboxylic acids is 4. The number of carbonyl (C=O) groups is 4. The summed E-state index contributed by atoms with van der Waals surface area (Å²) >= 11 is 0. The van der Waals surface area contributed by atoms with Crippen molar-refractivity contribution in [2.45, 2.75) is 48.7 Å². The average molecular weight is 665 g/mol. The summed E-state index contributed by atoms with van der Waals surface area (Å²) in [7, 11) is 2.30. The van der Waals surface area contributed by atoms with Gasteiger partial charge in [0.25, 0.3) is 0 Å². The average Bonchev–Trinajstić information content (AvgIpc) is 3.01. The van der Waals surface area contributed by atoms with Crippen molar-refractivity contribution >= 4 is 35.7 Å². The van der Waals surface area contributed by atoms with Gasteiger partial charge in [-0.05, 0) is 0 Å². The molecule has 22 heteroatoms. The summed E-state index contributed by atoms with van der Waals surface area (Å²) in [6.45, 7) is -3.47. The van der Waals surface area contributed by atoms with E-state index < -0.39 is 111 Å². The Morgan fingerprint density at radius 2 is 1.02 bits per heavy atom. The lowest BCUT2D eigenvalue weighted by Crippen LogP contribution is -2.64. The SMILES string of the molecule is CN(OC(=O)/C=C/C(=O)ON(C)C(N)=NCC(=O)N1C[C@@H](O)[C@@H](O)[C@H](O)[C@H]1CO)C(N)=NCC(=O)N1C[C@@H](O)[C@@H](O)[C@H](O)[C@H]1CO. The summed E-state index contributed by atoms with van der Waals surface area (Å²) in [6, 6.07) is -2.41. The highest BCUT2D eigenvalue weighted by Gasteiger charge is 2.44. The first-order valence-corrected chi connectivity index (χ1v) is 13.6. The predicted octanol–water partition coefficient (Wildman–Crippen LogP) is -8.48. The summed E-state index contributed by atoms with van der Waals surface area (Å²) in [6.07, 6.45) is -7.99. The van der Waals surface area contributed by atoms with Gasteiger partial charge in [0.2, 0.25) is 23.7 Å². The summed E-state index contributed by atoms with van der Waals surface area (Å²) in [5.41, 5.74) is 11.4. The molecule has 2 amide bonds. The molecule has 0 radical (unpaired) electrons. The van der Waals surface area contributed by atoms with Crippen molar-refractivity contribution in [3.63, 3.8) is 0 Å². The molecule has 22 nitrogen and oxygen atoms in total. The van der Waals surface area contributed by atoms with Gasteiger partial charge in [-0.25, -0.2) is 19.6 Å². The minimum absolute atomic E-state index is 0.389. The van der Waals surface area contributed by atoms with Crippen LogP contribution in [-0.2, 0) is 28.9 Å². The largest absolute Gasteiger partial charge is 0.394 e. The van der Waals surface area contributed by atoms with Gasteiger partial charge in [-0.1, -0.05) is 0 Å². The Labute approximate surface area is 261 Å². The molecule has 2 aliphatic heterocycles. The first-order chi connectivity index (χ1) is 21.5. The van der Waals surface area contributed by atoms with Crippen LogP contribution in [0.5, 0.6) is 0 Å². The molecule has 0 aromatic heterocycles. The van der Waals surface area contributed by atoms with E-state index in [1.165, 1.54) is 0 Å². The van der Waals surface area contributed by atoms with Crippen LogP contribution in [0.4, 0.5) is 0 Å². The molecule has 2 rings (SSSR count). The second-order valence-corrected chi connectivity index (χ2v) is 10.2. The topological polar surface area (TPSA) is 338 Å². The number of aliphatic imine (C=N–C) groups is 2. The fraction of sp³-hybridized carbons (Fsp3) is 0.667. The number of β-amino-alcohol motifs (C(OH)–C–C–N with tert-alkyl or cyclic N) is 2. The number of hydrogen-bond acceptors (Lipinski definition) is 16. The fourth-order valence-corrected chi connectivity index (χ4v) is 4.39. The molecule has 8 atom stereocenters. The normalized spacial score (nSPS) is 29.0.